The number of H-pyrrole nitrogens is 1. The summed E-state index contributed by atoms with van der Waals surface area (Å²) in [5.74, 6) is 2.51. The van der Waals surface area contributed by atoms with Gasteiger partial charge in [-0.05, 0) is 0 Å². The Kier molecular flexibility index (Phi) is 3.17. The molecule has 1 aromatic rings. The van der Waals surface area contributed by atoms with Crippen molar-refractivity contribution in [1.82, 2.24) is 20.2 Å². The molecule has 17 heavy (non-hydrogen) atoms. The highest BCUT2D eigenvalue weighted by atomic mass is 32.2. The standard InChI is InChI=1S/C11H16N4OS/c16-11-8-6-17-7-9(8)13-10(14-11)5-15-3-1-12-2-4-15/h12H,1-7H2,(H,13,14,16). The van der Waals surface area contributed by atoms with Gasteiger partial charge < -0.3 is 10.3 Å². The topological polar surface area (TPSA) is 61.0 Å². The molecule has 1 fully saturated rings. The summed E-state index contributed by atoms with van der Waals surface area (Å²) in [4.78, 5) is 21.6. The van der Waals surface area contributed by atoms with Gasteiger partial charge in [0.05, 0.1) is 12.2 Å². The average Bonchev–Trinajstić information content (AvgIpc) is 2.79. The van der Waals surface area contributed by atoms with Crippen molar-refractivity contribution >= 4 is 11.8 Å². The van der Waals surface area contributed by atoms with Gasteiger partial charge in [0.2, 0.25) is 0 Å². The van der Waals surface area contributed by atoms with E-state index in [1.807, 2.05) is 0 Å². The number of fused-ring (bicyclic) bond motifs is 1. The van der Waals surface area contributed by atoms with Crippen molar-refractivity contribution in [1.29, 1.82) is 0 Å². The molecule has 2 aliphatic rings. The molecule has 3 rings (SSSR count). The predicted octanol–water partition coefficient (Wildman–Crippen LogP) is -0.0781. The van der Waals surface area contributed by atoms with Crippen LogP contribution in [0, 0.1) is 0 Å². The molecule has 1 saturated heterocycles. The first-order chi connectivity index (χ1) is 8.33. The Morgan fingerprint density at radius 1 is 1.29 bits per heavy atom. The van der Waals surface area contributed by atoms with Crippen molar-refractivity contribution in [3.8, 4) is 0 Å². The van der Waals surface area contributed by atoms with Gasteiger partial charge in [-0.3, -0.25) is 9.69 Å². The van der Waals surface area contributed by atoms with E-state index in [0.29, 0.717) is 0 Å². The van der Waals surface area contributed by atoms with Crippen LogP contribution in [0.25, 0.3) is 0 Å². The highest BCUT2D eigenvalue weighted by molar-refractivity contribution is 7.98. The lowest BCUT2D eigenvalue weighted by molar-refractivity contribution is 0.227. The third kappa shape index (κ3) is 2.38. The molecule has 0 radical (unpaired) electrons. The molecule has 2 aliphatic heterocycles. The summed E-state index contributed by atoms with van der Waals surface area (Å²) in [6.45, 7) is 4.84. The number of thioether (sulfide) groups is 1. The van der Waals surface area contributed by atoms with Gasteiger partial charge in [0.15, 0.2) is 0 Å². The maximum atomic E-state index is 11.8. The van der Waals surface area contributed by atoms with E-state index in [1.165, 1.54) is 0 Å². The molecule has 0 spiro atoms. The van der Waals surface area contributed by atoms with Crippen LogP contribution in [0.5, 0.6) is 0 Å². The van der Waals surface area contributed by atoms with E-state index >= 15 is 0 Å². The van der Waals surface area contributed by atoms with Crippen LogP contribution in [0.2, 0.25) is 0 Å². The van der Waals surface area contributed by atoms with Gasteiger partial charge in [-0.1, -0.05) is 0 Å². The summed E-state index contributed by atoms with van der Waals surface area (Å²) < 4.78 is 0. The van der Waals surface area contributed by atoms with Crippen molar-refractivity contribution in [2.24, 2.45) is 0 Å². The molecular formula is C11H16N4OS. The van der Waals surface area contributed by atoms with Gasteiger partial charge >= 0.3 is 0 Å². The Morgan fingerprint density at radius 2 is 2.12 bits per heavy atom. The zero-order valence-electron chi connectivity index (χ0n) is 9.66. The quantitative estimate of drug-likeness (QED) is 0.771. The smallest absolute Gasteiger partial charge is 0.255 e. The first kappa shape index (κ1) is 11.3. The lowest BCUT2D eigenvalue weighted by Gasteiger charge is -2.26. The molecule has 0 unspecified atom stereocenters. The monoisotopic (exact) mass is 252 g/mol. The van der Waals surface area contributed by atoms with E-state index in [9.17, 15) is 4.79 Å². The lowest BCUT2D eigenvalue weighted by Crippen LogP contribution is -2.43. The van der Waals surface area contributed by atoms with Gasteiger partial charge in [-0.25, -0.2) is 4.98 Å². The minimum absolute atomic E-state index is 0.0603. The Hall–Kier alpha value is -0.850. The number of aromatic amines is 1. The summed E-state index contributed by atoms with van der Waals surface area (Å²) in [5.41, 5.74) is 1.92. The molecule has 0 aromatic carbocycles. The summed E-state index contributed by atoms with van der Waals surface area (Å²) in [6, 6.07) is 0. The highest BCUT2D eigenvalue weighted by Gasteiger charge is 2.18. The second kappa shape index (κ2) is 4.80. The van der Waals surface area contributed by atoms with E-state index < -0.39 is 0 Å². The van der Waals surface area contributed by atoms with Crippen molar-refractivity contribution in [3.05, 3.63) is 27.4 Å². The molecular weight excluding hydrogens is 236 g/mol. The van der Waals surface area contributed by atoms with Crippen LogP contribution >= 0.6 is 11.8 Å². The number of nitrogens with zero attached hydrogens (tertiary/aromatic N) is 2. The molecule has 0 bridgehead atoms. The first-order valence-corrected chi connectivity index (χ1v) is 7.10. The van der Waals surface area contributed by atoms with Crippen LogP contribution in [0.4, 0.5) is 0 Å². The summed E-state index contributed by atoms with van der Waals surface area (Å²) in [7, 11) is 0. The fraction of sp³-hybridized carbons (Fsp3) is 0.636. The Morgan fingerprint density at radius 3 is 2.94 bits per heavy atom. The highest BCUT2D eigenvalue weighted by Crippen LogP contribution is 2.25. The molecule has 2 N–H and O–H groups in total. The van der Waals surface area contributed by atoms with Gasteiger partial charge in [0.25, 0.3) is 5.56 Å². The van der Waals surface area contributed by atoms with E-state index in [1.54, 1.807) is 11.8 Å². The molecule has 92 valence electrons. The van der Waals surface area contributed by atoms with Crippen LogP contribution in [-0.2, 0) is 18.1 Å². The number of aromatic nitrogens is 2. The van der Waals surface area contributed by atoms with Crippen molar-refractivity contribution in [2.75, 3.05) is 26.2 Å². The molecule has 0 amide bonds. The fourth-order valence-corrected chi connectivity index (χ4v) is 3.31. The minimum atomic E-state index is 0.0603. The Bertz CT molecular complexity index is 467. The van der Waals surface area contributed by atoms with Gasteiger partial charge in [0, 0.05) is 43.2 Å². The third-order valence-corrected chi connectivity index (χ3v) is 4.19. The number of hydrogen-bond acceptors (Lipinski definition) is 5. The normalized spacial score (nSPS) is 20.5. The molecule has 1 aromatic heterocycles. The molecule has 6 heteroatoms. The minimum Gasteiger partial charge on any atom is -0.314 e. The predicted molar refractivity (Wildman–Crippen MR) is 68.0 cm³/mol. The van der Waals surface area contributed by atoms with Gasteiger partial charge in [-0.2, -0.15) is 11.8 Å². The number of nitrogens with one attached hydrogen (secondary N) is 2. The van der Waals surface area contributed by atoms with Gasteiger partial charge in [-0.15, -0.1) is 0 Å². The van der Waals surface area contributed by atoms with Crippen LogP contribution < -0.4 is 10.9 Å². The summed E-state index contributed by atoms with van der Waals surface area (Å²) in [6.07, 6.45) is 0. The zero-order valence-corrected chi connectivity index (χ0v) is 10.5. The first-order valence-electron chi connectivity index (χ1n) is 5.95. The van der Waals surface area contributed by atoms with E-state index in [-0.39, 0.29) is 5.56 Å². The van der Waals surface area contributed by atoms with E-state index in [0.717, 1.165) is 61.3 Å². The zero-order chi connectivity index (χ0) is 11.7. The summed E-state index contributed by atoms with van der Waals surface area (Å²) >= 11 is 1.77. The van der Waals surface area contributed by atoms with Crippen LogP contribution in [-0.4, -0.2) is 41.0 Å². The van der Waals surface area contributed by atoms with Gasteiger partial charge in [0.1, 0.15) is 5.82 Å². The Balaban J connectivity index is 1.79. The number of hydrogen-bond donors (Lipinski definition) is 2. The SMILES string of the molecule is O=c1[nH]c(CN2CCNCC2)nc2c1CSC2. The number of rotatable bonds is 2. The van der Waals surface area contributed by atoms with Crippen molar-refractivity contribution < 1.29 is 0 Å². The second-order valence-corrected chi connectivity index (χ2v) is 5.44. The van der Waals surface area contributed by atoms with Crippen LogP contribution in [0.1, 0.15) is 17.1 Å². The molecule has 0 atom stereocenters. The fourth-order valence-electron chi connectivity index (χ4n) is 2.27. The lowest BCUT2D eigenvalue weighted by atomic mass is 10.2. The van der Waals surface area contributed by atoms with Crippen LogP contribution in [0.3, 0.4) is 0 Å². The molecule has 5 nitrogen and oxygen atoms in total. The van der Waals surface area contributed by atoms with E-state index in [4.69, 9.17) is 0 Å². The maximum absolute atomic E-state index is 11.8. The molecule has 3 heterocycles. The molecule has 0 saturated carbocycles. The average molecular weight is 252 g/mol. The van der Waals surface area contributed by atoms with Crippen molar-refractivity contribution in [2.45, 2.75) is 18.1 Å². The summed E-state index contributed by atoms with van der Waals surface area (Å²) in [5, 5.41) is 3.32. The second-order valence-electron chi connectivity index (χ2n) is 4.46. The molecule has 0 aliphatic carbocycles. The number of piperazine rings is 1. The van der Waals surface area contributed by atoms with Crippen LogP contribution in [0.15, 0.2) is 4.79 Å². The Labute approximate surface area is 104 Å². The van der Waals surface area contributed by atoms with Crippen molar-refractivity contribution in [3.63, 3.8) is 0 Å². The maximum Gasteiger partial charge on any atom is 0.255 e. The van der Waals surface area contributed by atoms with E-state index in [2.05, 4.69) is 20.2 Å². The largest absolute Gasteiger partial charge is 0.314 e. The third-order valence-electron chi connectivity index (χ3n) is 3.22.